The Bertz CT molecular complexity index is 672. The first-order valence-electron chi connectivity index (χ1n) is 6.99. The summed E-state index contributed by atoms with van der Waals surface area (Å²) in [6.07, 6.45) is 4.22. The topological polar surface area (TPSA) is 83.5 Å². The highest BCUT2D eigenvalue weighted by Crippen LogP contribution is 2.19. The second-order valence-electron chi connectivity index (χ2n) is 5.36. The monoisotopic (exact) mass is 327 g/mol. The zero-order valence-electron chi connectivity index (χ0n) is 11.9. The summed E-state index contributed by atoms with van der Waals surface area (Å²) in [6.45, 7) is 0. The van der Waals surface area contributed by atoms with E-state index in [-0.39, 0.29) is 18.6 Å². The van der Waals surface area contributed by atoms with Crippen LogP contribution in [0.25, 0.3) is 0 Å². The summed E-state index contributed by atoms with van der Waals surface area (Å²) >= 11 is 0. The Morgan fingerprint density at radius 3 is 2.86 bits per heavy atom. The van der Waals surface area contributed by atoms with Crippen molar-refractivity contribution in [3.63, 3.8) is 0 Å². The zero-order chi connectivity index (χ0) is 16.2. The van der Waals surface area contributed by atoms with Crippen LogP contribution in [0.2, 0.25) is 0 Å². The highest BCUT2D eigenvalue weighted by molar-refractivity contribution is 7.89. The van der Waals surface area contributed by atoms with E-state index >= 15 is 0 Å². The van der Waals surface area contributed by atoms with Gasteiger partial charge in [0.1, 0.15) is 5.82 Å². The Hall–Kier alpha value is -1.73. The van der Waals surface area contributed by atoms with E-state index in [2.05, 4.69) is 4.72 Å². The van der Waals surface area contributed by atoms with Crippen LogP contribution in [0.3, 0.4) is 0 Å². The van der Waals surface area contributed by atoms with Crippen molar-refractivity contribution in [3.8, 4) is 0 Å². The fourth-order valence-corrected chi connectivity index (χ4v) is 3.67. The van der Waals surface area contributed by atoms with Gasteiger partial charge in [-0.15, -0.1) is 0 Å². The number of aliphatic carboxylic acids is 1. The maximum atomic E-state index is 13.0. The van der Waals surface area contributed by atoms with Crippen molar-refractivity contribution in [2.45, 2.75) is 25.3 Å². The standard InChI is InChI=1S/C15H18FNO4S/c16-13-5-1-3-11(9-13)7-8-22(20,21)17-14-6-2-4-12(10-14)15(18)19/h1-3,5-6,9,12,14,17H,4,7-8,10H2,(H,18,19)/t12-,14-/m1/s1. The smallest absolute Gasteiger partial charge is 0.306 e. The van der Waals surface area contributed by atoms with Crippen LogP contribution < -0.4 is 4.72 Å². The number of carboxylic acids is 1. The van der Waals surface area contributed by atoms with Crippen molar-refractivity contribution in [3.05, 3.63) is 47.8 Å². The Morgan fingerprint density at radius 1 is 1.41 bits per heavy atom. The summed E-state index contributed by atoms with van der Waals surface area (Å²) in [4.78, 5) is 11.0. The lowest BCUT2D eigenvalue weighted by Crippen LogP contribution is -2.39. The number of halogens is 1. The van der Waals surface area contributed by atoms with Crippen LogP contribution >= 0.6 is 0 Å². The molecule has 0 aromatic heterocycles. The first kappa shape index (κ1) is 16.6. The number of carbonyl (C=O) groups is 1. The number of aryl methyl sites for hydroxylation is 1. The maximum Gasteiger partial charge on any atom is 0.306 e. The molecule has 0 saturated carbocycles. The third kappa shape index (κ3) is 4.92. The van der Waals surface area contributed by atoms with Crippen LogP contribution in [0, 0.1) is 11.7 Å². The van der Waals surface area contributed by atoms with Crippen LogP contribution in [0.1, 0.15) is 18.4 Å². The third-order valence-electron chi connectivity index (χ3n) is 3.56. The molecule has 0 bridgehead atoms. The summed E-state index contributed by atoms with van der Waals surface area (Å²) in [5.41, 5.74) is 0.605. The van der Waals surface area contributed by atoms with Crippen molar-refractivity contribution < 1.29 is 22.7 Å². The van der Waals surface area contributed by atoms with E-state index in [9.17, 15) is 17.6 Å². The van der Waals surface area contributed by atoms with E-state index in [1.54, 1.807) is 18.2 Å². The Kier molecular flexibility index (Phi) is 5.31. The summed E-state index contributed by atoms with van der Waals surface area (Å²) in [5, 5.41) is 8.99. The molecule has 0 aliphatic heterocycles. The zero-order valence-corrected chi connectivity index (χ0v) is 12.7. The molecular weight excluding hydrogens is 309 g/mol. The van der Waals surface area contributed by atoms with E-state index in [1.165, 1.54) is 18.2 Å². The maximum absolute atomic E-state index is 13.0. The molecule has 120 valence electrons. The van der Waals surface area contributed by atoms with Crippen LogP contribution in [0.5, 0.6) is 0 Å². The van der Waals surface area contributed by atoms with Gasteiger partial charge in [-0.25, -0.2) is 17.5 Å². The molecule has 1 aromatic carbocycles. The van der Waals surface area contributed by atoms with Gasteiger partial charge in [-0.2, -0.15) is 0 Å². The lowest BCUT2D eigenvalue weighted by Gasteiger charge is -2.22. The predicted octanol–water partition coefficient (Wildman–Crippen LogP) is 1.71. The van der Waals surface area contributed by atoms with Crippen molar-refractivity contribution in [2.24, 2.45) is 5.92 Å². The van der Waals surface area contributed by atoms with Gasteiger partial charge in [0.05, 0.1) is 11.7 Å². The van der Waals surface area contributed by atoms with Crippen molar-refractivity contribution in [1.29, 1.82) is 0 Å². The number of allylic oxidation sites excluding steroid dienone is 1. The summed E-state index contributed by atoms with van der Waals surface area (Å²) in [7, 11) is -3.56. The fraction of sp³-hybridized carbons (Fsp3) is 0.400. The normalized spacial score (nSPS) is 21.7. The van der Waals surface area contributed by atoms with E-state index in [0.29, 0.717) is 12.0 Å². The molecule has 0 radical (unpaired) electrons. The van der Waals surface area contributed by atoms with Gasteiger partial charge in [-0.05, 0) is 37.0 Å². The number of hydrogen-bond acceptors (Lipinski definition) is 3. The van der Waals surface area contributed by atoms with E-state index in [0.717, 1.165) is 0 Å². The molecule has 0 fully saturated rings. The molecule has 0 unspecified atom stereocenters. The Morgan fingerprint density at radius 2 is 2.18 bits per heavy atom. The highest BCUT2D eigenvalue weighted by atomic mass is 32.2. The lowest BCUT2D eigenvalue weighted by molar-refractivity contribution is -0.142. The first-order chi connectivity index (χ1) is 10.4. The summed E-state index contributed by atoms with van der Waals surface area (Å²) in [5.74, 6) is -2.06. The molecule has 1 aliphatic rings. The van der Waals surface area contributed by atoms with E-state index in [1.807, 2.05) is 0 Å². The number of carboxylic acid groups (broad SMARTS) is 1. The molecule has 0 spiro atoms. The molecule has 1 aliphatic carbocycles. The van der Waals surface area contributed by atoms with Gasteiger partial charge in [0.25, 0.3) is 0 Å². The van der Waals surface area contributed by atoms with Crippen molar-refractivity contribution in [2.75, 3.05) is 5.75 Å². The molecule has 0 heterocycles. The molecule has 7 heteroatoms. The van der Waals surface area contributed by atoms with Gasteiger partial charge in [0, 0.05) is 6.04 Å². The van der Waals surface area contributed by atoms with Crippen LogP contribution in [0.4, 0.5) is 4.39 Å². The second-order valence-corrected chi connectivity index (χ2v) is 7.23. The van der Waals surface area contributed by atoms with E-state index < -0.39 is 33.8 Å². The minimum absolute atomic E-state index is 0.168. The Labute approximate surface area is 128 Å². The average Bonchev–Trinajstić information content (AvgIpc) is 2.45. The summed E-state index contributed by atoms with van der Waals surface area (Å²) in [6, 6.07) is 5.30. The average molecular weight is 327 g/mol. The first-order valence-corrected chi connectivity index (χ1v) is 8.65. The van der Waals surface area contributed by atoms with Crippen LogP contribution in [-0.2, 0) is 21.2 Å². The lowest BCUT2D eigenvalue weighted by atomic mass is 9.92. The quantitative estimate of drug-likeness (QED) is 0.779. The SMILES string of the molecule is O=C(O)[C@@H]1CC=C[C@@H](NS(=O)(=O)CCc2cccc(F)c2)C1. The van der Waals surface area contributed by atoms with Crippen molar-refractivity contribution in [1.82, 2.24) is 4.72 Å². The van der Waals surface area contributed by atoms with E-state index in [4.69, 9.17) is 5.11 Å². The molecule has 2 N–H and O–H groups in total. The second kappa shape index (κ2) is 7.02. The molecule has 2 rings (SSSR count). The number of rotatable bonds is 6. The number of sulfonamides is 1. The predicted molar refractivity (Wildman–Crippen MR) is 80.3 cm³/mol. The molecule has 0 amide bonds. The van der Waals surface area contributed by atoms with Gasteiger partial charge >= 0.3 is 5.97 Å². The minimum Gasteiger partial charge on any atom is -0.481 e. The van der Waals surface area contributed by atoms with Crippen LogP contribution in [0.15, 0.2) is 36.4 Å². The number of nitrogens with one attached hydrogen (secondary N) is 1. The Balaban J connectivity index is 1.92. The largest absolute Gasteiger partial charge is 0.481 e. The van der Waals surface area contributed by atoms with Crippen LogP contribution in [-0.4, -0.2) is 31.3 Å². The molecule has 1 aromatic rings. The van der Waals surface area contributed by atoms with Gasteiger partial charge in [-0.1, -0.05) is 24.3 Å². The number of benzene rings is 1. The molecule has 0 saturated heterocycles. The van der Waals surface area contributed by atoms with Gasteiger partial charge in [0.15, 0.2) is 0 Å². The third-order valence-corrected chi connectivity index (χ3v) is 4.96. The molecule has 2 atom stereocenters. The minimum atomic E-state index is -3.56. The van der Waals surface area contributed by atoms with Crippen molar-refractivity contribution >= 4 is 16.0 Å². The van der Waals surface area contributed by atoms with Gasteiger partial charge in [0.2, 0.25) is 10.0 Å². The molecule has 22 heavy (non-hydrogen) atoms. The summed E-state index contributed by atoms with van der Waals surface area (Å²) < 4.78 is 39.6. The highest BCUT2D eigenvalue weighted by Gasteiger charge is 2.26. The molecular formula is C15H18FNO4S. The van der Waals surface area contributed by atoms with Gasteiger partial charge < -0.3 is 5.11 Å². The molecule has 5 nitrogen and oxygen atoms in total. The fourth-order valence-electron chi connectivity index (χ4n) is 2.41. The number of hydrogen-bond donors (Lipinski definition) is 2. The van der Waals surface area contributed by atoms with Gasteiger partial charge in [-0.3, -0.25) is 4.79 Å².